The van der Waals surface area contributed by atoms with Gasteiger partial charge in [-0.15, -0.1) is 0 Å². The summed E-state index contributed by atoms with van der Waals surface area (Å²) in [4.78, 5) is 25.3. The maximum atomic E-state index is 13.0. The Balaban J connectivity index is 1.64. The van der Waals surface area contributed by atoms with Crippen molar-refractivity contribution in [2.75, 3.05) is 20.1 Å². The highest BCUT2D eigenvalue weighted by molar-refractivity contribution is 5.98. The van der Waals surface area contributed by atoms with Crippen molar-refractivity contribution in [2.24, 2.45) is 5.92 Å². The summed E-state index contributed by atoms with van der Waals surface area (Å²) in [6.07, 6.45) is 2.89. The Hall–Kier alpha value is -2.80. The molecule has 1 fully saturated rings. The number of carbonyl (C=O) groups is 1. The van der Waals surface area contributed by atoms with Gasteiger partial charge in [0.15, 0.2) is 0 Å². The Bertz CT molecular complexity index is 846. The van der Waals surface area contributed by atoms with Crippen LogP contribution in [0, 0.1) is 21.8 Å². The van der Waals surface area contributed by atoms with Crippen molar-refractivity contribution in [1.29, 1.82) is 0 Å². The van der Waals surface area contributed by atoms with E-state index in [1.165, 1.54) is 25.2 Å². The van der Waals surface area contributed by atoms with E-state index in [1.807, 2.05) is 12.1 Å². The molecular formula is C21H24FN3O3. The number of amides is 1. The number of nitro benzene ring substituents is 1. The smallest absolute Gasteiger partial charge is 0.286 e. The maximum Gasteiger partial charge on any atom is 0.286 e. The summed E-state index contributed by atoms with van der Waals surface area (Å²) in [5.41, 5.74) is 1.67. The number of nitrogens with one attached hydrogen (secondary N) is 1. The first kappa shape index (κ1) is 19.9. The lowest BCUT2D eigenvalue weighted by atomic mass is 9.90. The van der Waals surface area contributed by atoms with Crippen molar-refractivity contribution < 1.29 is 14.1 Å². The number of carbonyl (C=O) groups excluding carboxylic acids is 1. The lowest BCUT2D eigenvalue weighted by Crippen LogP contribution is -2.34. The average molecular weight is 385 g/mol. The van der Waals surface area contributed by atoms with E-state index in [0.717, 1.165) is 37.9 Å². The molecule has 0 aliphatic carbocycles. The van der Waals surface area contributed by atoms with E-state index in [-0.39, 0.29) is 17.1 Å². The molecule has 6 nitrogen and oxygen atoms in total. The predicted molar refractivity (Wildman–Crippen MR) is 105 cm³/mol. The molecular weight excluding hydrogens is 361 g/mol. The van der Waals surface area contributed by atoms with E-state index in [2.05, 4.69) is 10.2 Å². The van der Waals surface area contributed by atoms with Crippen LogP contribution in [0.15, 0.2) is 42.5 Å². The molecule has 1 aliphatic rings. The van der Waals surface area contributed by atoms with E-state index in [0.29, 0.717) is 18.0 Å². The SMILES string of the molecule is CNC(=O)c1cccc(CN2CCC(Cc3ccc(F)cc3)CC2)c1[N+](=O)[O-]. The first-order chi connectivity index (χ1) is 13.5. The predicted octanol–water partition coefficient (Wildman–Crippen LogP) is 3.55. The number of nitro groups is 1. The van der Waals surface area contributed by atoms with E-state index >= 15 is 0 Å². The second-order valence-electron chi connectivity index (χ2n) is 7.20. The Morgan fingerprint density at radius 3 is 2.50 bits per heavy atom. The molecule has 1 aliphatic heterocycles. The minimum absolute atomic E-state index is 0.0937. The van der Waals surface area contributed by atoms with Crippen molar-refractivity contribution in [3.05, 3.63) is 75.1 Å². The number of halogens is 1. The van der Waals surface area contributed by atoms with Crippen LogP contribution >= 0.6 is 0 Å². The number of piperidine rings is 1. The molecule has 2 aromatic rings. The third-order valence-corrected chi connectivity index (χ3v) is 5.31. The summed E-state index contributed by atoms with van der Waals surface area (Å²) < 4.78 is 13.0. The van der Waals surface area contributed by atoms with Gasteiger partial charge >= 0.3 is 0 Å². The summed E-state index contributed by atoms with van der Waals surface area (Å²) in [5.74, 6) is -0.153. The topological polar surface area (TPSA) is 75.5 Å². The van der Waals surface area contributed by atoms with Crippen LogP contribution < -0.4 is 5.32 Å². The molecule has 1 amide bonds. The molecule has 2 aromatic carbocycles. The number of likely N-dealkylation sites (tertiary alicyclic amines) is 1. The highest BCUT2D eigenvalue weighted by Crippen LogP contribution is 2.28. The fourth-order valence-corrected chi connectivity index (χ4v) is 3.80. The van der Waals surface area contributed by atoms with Gasteiger partial charge in [0.05, 0.1) is 4.92 Å². The molecule has 1 heterocycles. The van der Waals surface area contributed by atoms with Gasteiger partial charge in [0.25, 0.3) is 11.6 Å². The third-order valence-electron chi connectivity index (χ3n) is 5.31. The monoisotopic (exact) mass is 385 g/mol. The molecule has 1 N–H and O–H groups in total. The van der Waals surface area contributed by atoms with Gasteiger partial charge in [0.2, 0.25) is 0 Å². The largest absolute Gasteiger partial charge is 0.355 e. The third kappa shape index (κ3) is 4.72. The van der Waals surface area contributed by atoms with Crippen LogP contribution in [0.25, 0.3) is 0 Å². The van der Waals surface area contributed by atoms with Crippen LogP contribution in [-0.4, -0.2) is 35.9 Å². The van der Waals surface area contributed by atoms with Gasteiger partial charge in [-0.05, 0) is 62.0 Å². The van der Waals surface area contributed by atoms with Crippen molar-refractivity contribution in [1.82, 2.24) is 10.2 Å². The Kier molecular flexibility index (Phi) is 6.36. The number of hydrogen-bond acceptors (Lipinski definition) is 4. The molecule has 0 unspecified atom stereocenters. The van der Waals surface area contributed by atoms with E-state index in [9.17, 15) is 19.3 Å². The van der Waals surface area contributed by atoms with Gasteiger partial charge < -0.3 is 5.32 Å². The average Bonchev–Trinajstić information content (AvgIpc) is 2.70. The van der Waals surface area contributed by atoms with E-state index in [4.69, 9.17) is 0 Å². The summed E-state index contributed by atoms with van der Waals surface area (Å²) in [7, 11) is 1.46. The van der Waals surface area contributed by atoms with Crippen molar-refractivity contribution in [3.63, 3.8) is 0 Å². The molecule has 0 atom stereocenters. The molecule has 0 radical (unpaired) electrons. The lowest BCUT2D eigenvalue weighted by Gasteiger charge is -2.32. The zero-order valence-corrected chi connectivity index (χ0v) is 15.9. The van der Waals surface area contributed by atoms with Gasteiger partial charge in [0.1, 0.15) is 11.4 Å². The van der Waals surface area contributed by atoms with Gasteiger partial charge in [-0.25, -0.2) is 4.39 Å². The number of hydrogen-bond donors (Lipinski definition) is 1. The van der Waals surface area contributed by atoms with Crippen LogP contribution in [0.1, 0.15) is 34.3 Å². The molecule has 148 valence electrons. The number of rotatable bonds is 6. The number of nitrogens with zero attached hydrogens (tertiary/aromatic N) is 2. The normalized spacial score (nSPS) is 15.4. The summed E-state index contributed by atoms with van der Waals surface area (Å²) in [6.45, 7) is 2.13. The lowest BCUT2D eigenvalue weighted by molar-refractivity contribution is -0.386. The second kappa shape index (κ2) is 8.93. The van der Waals surface area contributed by atoms with E-state index in [1.54, 1.807) is 12.1 Å². The molecule has 3 rings (SSSR count). The van der Waals surface area contributed by atoms with Crippen molar-refractivity contribution in [2.45, 2.75) is 25.8 Å². The van der Waals surface area contributed by atoms with Gasteiger partial charge in [-0.3, -0.25) is 19.8 Å². The fourth-order valence-electron chi connectivity index (χ4n) is 3.80. The molecule has 28 heavy (non-hydrogen) atoms. The molecule has 0 spiro atoms. The highest BCUT2D eigenvalue weighted by Gasteiger charge is 2.26. The van der Waals surface area contributed by atoms with Crippen LogP contribution in [0.3, 0.4) is 0 Å². The minimum atomic E-state index is -0.471. The minimum Gasteiger partial charge on any atom is -0.355 e. The summed E-state index contributed by atoms with van der Waals surface area (Å²) in [5, 5.41) is 14.0. The second-order valence-corrected chi connectivity index (χ2v) is 7.20. The van der Waals surface area contributed by atoms with Gasteiger partial charge in [-0.1, -0.05) is 24.3 Å². The van der Waals surface area contributed by atoms with Crippen LogP contribution in [0.5, 0.6) is 0 Å². The van der Waals surface area contributed by atoms with Crippen LogP contribution in [-0.2, 0) is 13.0 Å². The standard InChI is InChI=1S/C21H24FN3O3/c1-23-21(26)19-4-2-3-17(20(19)25(27)28)14-24-11-9-16(10-12-24)13-15-5-7-18(22)8-6-15/h2-8,16H,9-14H2,1H3,(H,23,26). The summed E-state index contributed by atoms with van der Waals surface area (Å²) in [6, 6.07) is 11.5. The maximum absolute atomic E-state index is 13.0. The fraction of sp³-hybridized carbons (Fsp3) is 0.381. The Morgan fingerprint density at radius 2 is 1.89 bits per heavy atom. The molecule has 0 bridgehead atoms. The Morgan fingerprint density at radius 1 is 1.21 bits per heavy atom. The van der Waals surface area contributed by atoms with E-state index < -0.39 is 10.8 Å². The highest BCUT2D eigenvalue weighted by atomic mass is 19.1. The van der Waals surface area contributed by atoms with Crippen molar-refractivity contribution in [3.8, 4) is 0 Å². The molecule has 0 aromatic heterocycles. The molecule has 1 saturated heterocycles. The van der Waals surface area contributed by atoms with Crippen molar-refractivity contribution >= 4 is 11.6 Å². The first-order valence-electron chi connectivity index (χ1n) is 9.43. The van der Waals surface area contributed by atoms with Crippen LogP contribution in [0.2, 0.25) is 0 Å². The van der Waals surface area contributed by atoms with Gasteiger partial charge in [-0.2, -0.15) is 0 Å². The van der Waals surface area contributed by atoms with Crippen LogP contribution in [0.4, 0.5) is 10.1 Å². The quantitative estimate of drug-likeness (QED) is 0.610. The first-order valence-corrected chi connectivity index (χ1v) is 9.43. The zero-order chi connectivity index (χ0) is 20.1. The van der Waals surface area contributed by atoms with Gasteiger partial charge in [0, 0.05) is 19.2 Å². The number of para-hydroxylation sites is 1. The Labute approximate surface area is 163 Å². The summed E-state index contributed by atoms with van der Waals surface area (Å²) >= 11 is 0. The zero-order valence-electron chi connectivity index (χ0n) is 15.9. The number of benzene rings is 2. The molecule has 7 heteroatoms. The molecule has 0 saturated carbocycles.